The molecule has 2 aromatic rings. The van der Waals surface area contributed by atoms with Crippen LogP contribution in [0, 0.1) is 0 Å². The summed E-state index contributed by atoms with van der Waals surface area (Å²) in [5, 5.41) is 9.63. The van der Waals surface area contributed by atoms with E-state index in [1.54, 1.807) is 0 Å². The minimum Gasteiger partial charge on any atom is -0.368 e. The number of carbonyl (C=O) groups is 1. The monoisotopic (exact) mass is 542 g/mol. The fraction of sp³-hybridized carbons (Fsp3) is 0.455. The van der Waals surface area contributed by atoms with Crippen LogP contribution in [0.3, 0.4) is 0 Å². The molecule has 1 aromatic heterocycles. The van der Waals surface area contributed by atoms with Gasteiger partial charge in [-0.3, -0.25) is 4.79 Å². The molecule has 0 spiro atoms. The van der Waals surface area contributed by atoms with E-state index in [9.17, 15) is 4.79 Å². The van der Waals surface area contributed by atoms with Crippen LogP contribution < -0.4 is 16.0 Å². The molecule has 164 valence electrons. The van der Waals surface area contributed by atoms with E-state index in [4.69, 9.17) is 4.74 Å². The second kappa shape index (κ2) is 12.9. The lowest BCUT2D eigenvalue weighted by Gasteiger charge is -2.12. The molecule has 1 unspecified atom stereocenters. The first-order valence-corrected chi connectivity index (χ1v) is 11.1. The average Bonchev–Trinajstić information content (AvgIpc) is 3.42. The van der Waals surface area contributed by atoms with Gasteiger partial charge in [0.05, 0.1) is 13.1 Å². The van der Waals surface area contributed by atoms with Crippen LogP contribution in [0.4, 0.5) is 5.69 Å². The van der Waals surface area contributed by atoms with Crippen LogP contribution in [0.15, 0.2) is 41.4 Å². The summed E-state index contributed by atoms with van der Waals surface area (Å²) in [7, 11) is 0. The largest absolute Gasteiger partial charge is 0.368 e. The summed E-state index contributed by atoms with van der Waals surface area (Å²) in [6.45, 7) is 6.98. The first kappa shape index (κ1) is 24.6. The van der Waals surface area contributed by atoms with E-state index in [1.165, 1.54) is 9.75 Å². The SMILES string of the molecule is CCNC(=NCc1cccc(NC(=O)C2CCCO2)c1)NCc1ccc(CC)s1.I. The first-order chi connectivity index (χ1) is 14.2. The molecule has 1 amide bonds. The highest BCUT2D eigenvalue weighted by atomic mass is 127. The number of hydrogen-bond donors (Lipinski definition) is 3. The van der Waals surface area contributed by atoms with Crippen molar-refractivity contribution in [2.75, 3.05) is 18.5 Å². The lowest BCUT2D eigenvalue weighted by atomic mass is 10.2. The molecule has 1 aliphatic heterocycles. The van der Waals surface area contributed by atoms with Gasteiger partial charge in [-0.15, -0.1) is 35.3 Å². The van der Waals surface area contributed by atoms with Crippen molar-refractivity contribution >= 4 is 52.9 Å². The maximum absolute atomic E-state index is 12.2. The number of nitrogens with zero attached hydrogens (tertiary/aromatic N) is 1. The van der Waals surface area contributed by atoms with Crippen LogP contribution in [0.1, 0.15) is 42.0 Å². The van der Waals surface area contributed by atoms with Gasteiger partial charge in [0.25, 0.3) is 5.91 Å². The lowest BCUT2D eigenvalue weighted by Crippen LogP contribution is -2.36. The molecule has 8 heteroatoms. The molecule has 0 bridgehead atoms. The summed E-state index contributed by atoms with van der Waals surface area (Å²) in [6.07, 6.45) is 2.47. The molecule has 2 heterocycles. The van der Waals surface area contributed by atoms with E-state index in [-0.39, 0.29) is 36.0 Å². The number of anilines is 1. The van der Waals surface area contributed by atoms with Crippen molar-refractivity contribution in [2.24, 2.45) is 4.99 Å². The number of amides is 1. The second-order valence-corrected chi connectivity index (χ2v) is 8.21. The Morgan fingerprint density at radius 1 is 1.20 bits per heavy atom. The van der Waals surface area contributed by atoms with E-state index in [2.05, 4.69) is 46.9 Å². The molecule has 1 aromatic carbocycles. The van der Waals surface area contributed by atoms with Gasteiger partial charge >= 0.3 is 0 Å². The quantitative estimate of drug-likeness (QED) is 0.264. The summed E-state index contributed by atoms with van der Waals surface area (Å²) in [5.74, 6) is 0.716. The Bertz CT molecular complexity index is 834. The molecular weight excluding hydrogens is 511 g/mol. The van der Waals surface area contributed by atoms with Gasteiger partial charge in [0.2, 0.25) is 0 Å². The fourth-order valence-corrected chi connectivity index (χ4v) is 4.04. The van der Waals surface area contributed by atoms with Gasteiger partial charge in [-0.1, -0.05) is 19.1 Å². The Morgan fingerprint density at radius 3 is 2.73 bits per heavy atom. The van der Waals surface area contributed by atoms with Crippen molar-refractivity contribution in [1.82, 2.24) is 10.6 Å². The number of hydrogen-bond acceptors (Lipinski definition) is 4. The number of rotatable bonds is 8. The smallest absolute Gasteiger partial charge is 0.253 e. The molecule has 3 N–H and O–H groups in total. The molecule has 1 atom stereocenters. The first-order valence-electron chi connectivity index (χ1n) is 10.3. The van der Waals surface area contributed by atoms with Crippen LogP contribution in [-0.2, 0) is 29.0 Å². The van der Waals surface area contributed by atoms with Gasteiger partial charge in [0, 0.05) is 28.6 Å². The molecular formula is C22H31IN4O2S. The minimum absolute atomic E-state index is 0. The summed E-state index contributed by atoms with van der Waals surface area (Å²) >= 11 is 1.83. The highest BCUT2D eigenvalue weighted by Gasteiger charge is 2.23. The fourth-order valence-electron chi connectivity index (χ4n) is 3.14. The van der Waals surface area contributed by atoms with E-state index in [1.807, 2.05) is 35.6 Å². The normalized spacial score (nSPS) is 16.1. The van der Waals surface area contributed by atoms with Gasteiger partial charge in [-0.25, -0.2) is 4.99 Å². The number of halogens is 1. The van der Waals surface area contributed by atoms with Gasteiger partial charge < -0.3 is 20.7 Å². The van der Waals surface area contributed by atoms with E-state index in [0.717, 1.165) is 49.6 Å². The lowest BCUT2D eigenvalue weighted by molar-refractivity contribution is -0.124. The molecule has 1 aliphatic rings. The topological polar surface area (TPSA) is 74.8 Å². The van der Waals surface area contributed by atoms with Crippen molar-refractivity contribution in [2.45, 2.75) is 52.3 Å². The van der Waals surface area contributed by atoms with Gasteiger partial charge in [-0.2, -0.15) is 0 Å². The summed E-state index contributed by atoms with van der Waals surface area (Å²) in [5.41, 5.74) is 1.82. The van der Waals surface area contributed by atoms with Gasteiger partial charge in [0.15, 0.2) is 5.96 Å². The number of benzene rings is 1. The molecule has 6 nitrogen and oxygen atoms in total. The number of guanidine groups is 1. The zero-order valence-corrected chi connectivity index (χ0v) is 20.7. The third-order valence-corrected chi connectivity index (χ3v) is 5.91. The van der Waals surface area contributed by atoms with Gasteiger partial charge in [0.1, 0.15) is 6.10 Å². The van der Waals surface area contributed by atoms with Crippen LogP contribution in [0.25, 0.3) is 0 Å². The van der Waals surface area contributed by atoms with Gasteiger partial charge in [-0.05, 0) is 56.0 Å². The van der Waals surface area contributed by atoms with E-state index < -0.39 is 0 Å². The third-order valence-electron chi connectivity index (χ3n) is 4.68. The molecule has 30 heavy (non-hydrogen) atoms. The van der Waals surface area contributed by atoms with Crippen LogP contribution in [-0.4, -0.2) is 31.1 Å². The predicted octanol–water partition coefficient (Wildman–Crippen LogP) is 4.30. The summed E-state index contributed by atoms with van der Waals surface area (Å²) < 4.78 is 5.45. The van der Waals surface area contributed by atoms with Crippen molar-refractivity contribution in [3.8, 4) is 0 Å². The van der Waals surface area contributed by atoms with Crippen molar-refractivity contribution in [3.63, 3.8) is 0 Å². The molecule has 3 rings (SSSR count). The zero-order chi connectivity index (χ0) is 20.5. The Hall–Kier alpha value is -1.65. The summed E-state index contributed by atoms with van der Waals surface area (Å²) in [6, 6.07) is 12.2. The number of ether oxygens (including phenoxy) is 1. The Kier molecular flexibility index (Phi) is 10.6. The number of aryl methyl sites for hydroxylation is 1. The van der Waals surface area contributed by atoms with Crippen LogP contribution >= 0.6 is 35.3 Å². The highest BCUT2D eigenvalue weighted by Crippen LogP contribution is 2.17. The second-order valence-electron chi connectivity index (χ2n) is 6.96. The Balaban J connectivity index is 0.00000320. The standard InChI is InChI=1S/C22H30N4O2S.HI/c1-3-18-10-11-19(29-18)15-25-22(23-4-2)24-14-16-7-5-8-17(13-16)26-21(27)20-9-6-12-28-20;/h5,7-8,10-11,13,20H,3-4,6,9,12,14-15H2,1-2H3,(H,26,27)(H2,23,24,25);1H. The van der Waals surface area contributed by atoms with Crippen molar-refractivity contribution in [3.05, 3.63) is 51.7 Å². The van der Waals surface area contributed by atoms with Crippen molar-refractivity contribution < 1.29 is 9.53 Å². The maximum Gasteiger partial charge on any atom is 0.253 e. The summed E-state index contributed by atoms with van der Waals surface area (Å²) in [4.78, 5) is 19.6. The molecule has 0 radical (unpaired) electrons. The zero-order valence-electron chi connectivity index (χ0n) is 17.6. The van der Waals surface area contributed by atoms with E-state index in [0.29, 0.717) is 13.2 Å². The maximum atomic E-state index is 12.2. The Morgan fingerprint density at radius 2 is 2.03 bits per heavy atom. The molecule has 1 fully saturated rings. The number of carbonyl (C=O) groups excluding carboxylic acids is 1. The predicted molar refractivity (Wildman–Crippen MR) is 135 cm³/mol. The average molecular weight is 542 g/mol. The minimum atomic E-state index is -0.327. The van der Waals surface area contributed by atoms with Crippen molar-refractivity contribution in [1.29, 1.82) is 0 Å². The molecule has 1 saturated heterocycles. The third kappa shape index (κ3) is 7.55. The number of thiophene rings is 1. The number of nitrogens with one attached hydrogen (secondary N) is 3. The Labute approximate surface area is 199 Å². The molecule has 0 aliphatic carbocycles. The highest BCUT2D eigenvalue weighted by molar-refractivity contribution is 14.0. The van der Waals surface area contributed by atoms with Crippen LogP contribution in [0.5, 0.6) is 0 Å². The molecule has 0 saturated carbocycles. The van der Waals surface area contributed by atoms with E-state index >= 15 is 0 Å². The number of aliphatic imine (C=N–C) groups is 1. The van der Waals surface area contributed by atoms with Crippen LogP contribution in [0.2, 0.25) is 0 Å².